The third kappa shape index (κ3) is 6.71. The lowest BCUT2D eigenvalue weighted by atomic mass is 9.93. The molecule has 3 aromatic rings. The number of fused-ring (bicyclic) bond motifs is 1. The number of nitrogens with one attached hydrogen (secondary N) is 1. The number of carbonyl (C=O) groups is 2. The van der Waals surface area contributed by atoms with E-state index in [-0.39, 0.29) is 6.03 Å². The fourth-order valence-corrected chi connectivity index (χ4v) is 4.71. The summed E-state index contributed by atoms with van der Waals surface area (Å²) in [5.74, 6) is -1.45. The van der Waals surface area contributed by atoms with Crippen LogP contribution in [-0.4, -0.2) is 84.4 Å². The number of amides is 2. The van der Waals surface area contributed by atoms with Gasteiger partial charge in [-0.05, 0) is 35.9 Å². The molecule has 0 saturated carbocycles. The lowest BCUT2D eigenvalue weighted by molar-refractivity contribution is -0.192. The number of piperazine rings is 1. The van der Waals surface area contributed by atoms with Gasteiger partial charge in [0.1, 0.15) is 5.82 Å². The minimum absolute atomic E-state index is 0.0294. The molecule has 11 heteroatoms. The Kier molecular flexibility index (Phi) is 8.35. The van der Waals surface area contributed by atoms with Crippen molar-refractivity contribution in [3.63, 3.8) is 0 Å². The van der Waals surface area contributed by atoms with Crippen molar-refractivity contribution in [2.24, 2.45) is 0 Å². The highest BCUT2D eigenvalue weighted by molar-refractivity contribution is 5.90. The topological polar surface area (TPSA) is 89.0 Å². The zero-order chi connectivity index (χ0) is 27.3. The van der Waals surface area contributed by atoms with Crippen molar-refractivity contribution >= 4 is 34.3 Å². The first-order chi connectivity index (χ1) is 18.1. The molecule has 2 amide bonds. The van der Waals surface area contributed by atoms with Crippen molar-refractivity contribution in [2.75, 3.05) is 56.5 Å². The van der Waals surface area contributed by atoms with Crippen LogP contribution in [0.4, 0.5) is 29.5 Å². The van der Waals surface area contributed by atoms with Gasteiger partial charge in [-0.25, -0.2) is 14.6 Å². The van der Waals surface area contributed by atoms with E-state index >= 15 is 0 Å². The molecule has 2 aliphatic rings. The number of nitrogens with zero attached hydrogens (tertiary/aromatic N) is 4. The Morgan fingerprint density at radius 3 is 2.39 bits per heavy atom. The van der Waals surface area contributed by atoms with Gasteiger partial charge in [-0.3, -0.25) is 0 Å². The van der Waals surface area contributed by atoms with Gasteiger partial charge in [-0.1, -0.05) is 42.5 Å². The van der Waals surface area contributed by atoms with E-state index in [1.165, 1.54) is 16.3 Å². The summed E-state index contributed by atoms with van der Waals surface area (Å²) < 4.78 is 31.7. The van der Waals surface area contributed by atoms with Crippen LogP contribution in [0.15, 0.2) is 60.8 Å². The predicted molar refractivity (Wildman–Crippen MR) is 140 cm³/mol. The average Bonchev–Trinajstić information content (AvgIpc) is 3.39. The van der Waals surface area contributed by atoms with Crippen molar-refractivity contribution < 1.29 is 27.9 Å². The minimum atomic E-state index is -5.08. The smallest absolute Gasteiger partial charge is 0.475 e. The monoisotopic (exact) mass is 529 g/mol. The summed E-state index contributed by atoms with van der Waals surface area (Å²) in [5, 5.41) is 12.8. The Balaban J connectivity index is 0.000000426. The highest BCUT2D eigenvalue weighted by Crippen LogP contribution is 2.32. The quantitative estimate of drug-likeness (QED) is 0.514. The number of alkyl halides is 3. The van der Waals surface area contributed by atoms with Gasteiger partial charge in [0.25, 0.3) is 0 Å². The number of aliphatic carboxylic acids is 1. The van der Waals surface area contributed by atoms with Crippen LogP contribution in [0.3, 0.4) is 0 Å². The van der Waals surface area contributed by atoms with Gasteiger partial charge in [-0.15, -0.1) is 0 Å². The largest absolute Gasteiger partial charge is 0.490 e. The van der Waals surface area contributed by atoms with E-state index in [1.54, 1.807) is 6.20 Å². The number of likely N-dealkylation sites (N-methyl/N-ethyl adjacent to an activating group) is 1. The van der Waals surface area contributed by atoms with Crippen molar-refractivity contribution in [3.05, 3.63) is 66.4 Å². The molecule has 2 saturated heterocycles. The second kappa shape index (κ2) is 11.7. The van der Waals surface area contributed by atoms with Gasteiger partial charge in [-0.2, -0.15) is 13.2 Å². The Bertz CT molecular complexity index is 1270. The van der Waals surface area contributed by atoms with E-state index < -0.39 is 12.1 Å². The van der Waals surface area contributed by atoms with E-state index in [9.17, 15) is 18.0 Å². The number of pyridine rings is 1. The Labute approximate surface area is 218 Å². The van der Waals surface area contributed by atoms with Gasteiger partial charge in [0.05, 0.1) is 0 Å². The molecule has 38 heavy (non-hydrogen) atoms. The van der Waals surface area contributed by atoms with Crippen molar-refractivity contribution in [2.45, 2.75) is 18.5 Å². The van der Waals surface area contributed by atoms with Crippen LogP contribution < -0.4 is 10.2 Å². The van der Waals surface area contributed by atoms with Crippen LogP contribution in [-0.2, 0) is 4.79 Å². The molecule has 2 N–H and O–H groups in total. The highest BCUT2D eigenvalue weighted by atomic mass is 19.4. The van der Waals surface area contributed by atoms with Gasteiger partial charge >= 0.3 is 18.2 Å². The first kappa shape index (κ1) is 27.2. The number of hydrogen-bond acceptors (Lipinski definition) is 5. The highest BCUT2D eigenvalue weighted by Gasteiger charge is 2.38. The first-order valence-electron chi connectivity index (χ1n) is 12.3. The van der Waals surface area contributed by atoms with E-state index in [2.05, 4.69) is 69.6 Å². The zero-order valence-corrected chi connectivity index (χ0v) is 21.0. The number of likely N-dealkylation sites (tertiary alicyclic amines) is 1. The molecule has 0 aliphatic carbocycles. The van der Waals surface area contributed by atoms with Crippen molar-refractivity contribution in [3.8, 4) is 0 Å². The first-order valence-corrected chi connectivity index (χ1v) is 12.3. The minimum Gasteiger partial charge on any atom is -0.475 e. The van der Waals surface area contributed by atoms with Gasteiger partial charge in [0, 0.05) is 63.1 Å². The Morgan fingerprint density at radius 1 is 1.00 bits per heavy atom. The summed E-state index contributed by atoms with van der Waals surface area (Å²) in [4.78, 5) is 32.9. The van der Waals surface area contributed by atoms with E-state index in [4.69, 9.17) is 9.90 Å². The number of carboxylic acid groups (broad SMARTS) is 1. The number of aromatic nitrogens is 1. The lowest BCUT2D eigenvalue weighted by Gasteiger charge is -2.33. The molecule has 2 fully saturated rings. The normalized spacial score (nSPS) is 18.2. The molecule has 1 atom stereocenters. The number of hydrogen-bond donors (Lipinski definition) is 2. The summed E-state index contributed by atoms with van der Waals surface area (Å²) in [6.45, 7) is 5.50. The SMILES string of the molecule is CN1CCN(c2cc(NC(=O)N3CCC(c4cccc5ccccc45)C3)ccn2)CC1.O=C(O)C(F)(F)F. The number of anilines is 2. The summed E-state index contributed by atoms with van der Waals surface area (Å²) in [6.07, 6.45) is -2.31. The third-order valence-electron chi connectivity index (χ3n) is 6.81. The fraction of sp³-hybridized carbons (Fsp3) is 0.370. The molecule has 0 spiro atoms. The number of carbonyl (C=O) groups excluding carboxylic acids is 1. The molecular weight excluding hydrogens is 499 g/mol. The van der Waals surface area contributed by atoms with Crippen molar-refractivity contribution in [1.29, 1.82) is 0 Å². The predicted octanol–water partition coefficient (Wildman–Crippen LogP) is 4.64. The molecule has 0 radical (unpaired) electrons. The maximum Gasteiger partial charge on any atom is 0.490 e. The Hall–Kier alpha value is -3.86. The molecule has 3 heterocycles. The van der Waals surface area contributed by atoms with Crippen LogP contribution in [0.25, 0.3) is 10.8 Å². The van der Waals surface area contributed by atoms with E-state index in [0.29, 0.717) is 5.92 Å². The number of benzene rings is 2. The maximum atomic E-state index is 13.0. The molecule has 5 rings (SSSR count). The number of carboxylic acids is 1. The molecule has 1 unspecified atom stereocenters. The summed E-state index contributed by atoms with van der Waals surface area (Å²) in [6, 6.07) is 18.8. The summed E-state index contributed by atoms with van der Waals surface area (Å²) in [7, 11) is 2.14. The van der Waals surface area contributed by atoms with Gasteiger partial charge in [0.15, 0.2) is 0 Å². The molecule has 8 nitrogen and oxygen atoms in total. The molecular formula is C27H30F3N5O3. The third-order valence-corrected chi connectivity index (χ3v) is 6.81. The molecule has 1 aromatic heterocycles. The van der Waals surface area contributed by atoms with Crippen LogP contribution in [0.2, 0.25) is 0 Å². The van der Waals surface area contributed by atoms with Gasteiger partial charge < -0.3 is 25.1 Å². The average molecular weight is 530 g/mol. The van der Waals surface area contributed by atoms with E-state index in [1.807, 2.05) is 17.0 Å². The second-order valence-electron chi connectivity index (χ2n) is 9.43. The van der Waals surface area contributed by atoms with Crippen molar-refractivity contribution in [1.82, 2.24) is 14.8 Å². The van der Waals surface area contributed by atoms with Gasteiger partial charge in [0.2, 0.25) is 0 Å². The van der Waals surface area contributed by atoms with Crippen LogP contribution in [0.1, 0.15) is 17.9 Å². The van der Waals surface area contributed by atoms with Crippen LogP contribution in [0.5, 0.6) is 0 Å². The second-order valence-corrected chi connectivity index (χ2v) is 9.43. The molecule has 2 aliphatic heterocycles. The van der Waals surface area contributed by atoms with Crippen LogP contribution in [0, 0.1) is 0 Å². The number of urea groups is 1. The number of halogens is 3. The zero-order valence-electron chi connectivity index (χ0n) is 21.0. The molecule has 2 aromatic carbocycles. The van der Waals surface area contributed by atoms with E-state index in [0.717, 1.165) is 57.2 Å². The number of rotatable bonds is 3. The fourth-order valence-electron chi connectivity index (χ4n) is 4.71. The molecule has 0 bridgehead atoms. The summed E-state index contributed by atoms with van der Waals surface area (Å²) in [5.41, 5.74) is 2.15. The summed E-state index contributed by atoms with van der Waals surface area (Å²) >= 11 is 0. The Morgan fingerprint density at radius 2 is 1.68 bits per heavy atom. The lowest BCUT2D eigenvalue weighted by Crippen LogP contribution is -2.44. The van der Waals surface area contributed by atoms with Crippen LogP contribution >= 0.6 is 0 Å². The maximum absolute atomic E-state index is 13.0. The molecule has 202 valence electrons. The standard InChI is InChI=1S/C25H29N5O.C2HF3O2/c1-28-13-15-29(16-14-28)24-17-21(9-11-26-24)27-25(31)30-12-10-20(18-30)23-8-4-6-19-5-2-3-7-22(19)23;3-2(4,5)1(6)7/h2-9,11,17,20H,10,12-16,18H2,1H3,(H,26,27,31);(H,6,7).